The molecule has 0 bridgehead atoms. The van der Waals surface area contributed by atoms with Crippen LogP contribution < -0.4 is 0 Å². The first-order valence-corrected chi connectivity index (χ1v) is 8.41. The van der Waals surface area contributed by atoms with Gasteiger partial charge in [-0.2, -0.15) is 0 Å². The number of Topliss-reactive ketones (excluding diaryl/α,β-unsaturated/α-hetero) is 1. The molecule has 4 nitrogen and oxygen atoms in total. The van der Waals surface area contributed by atoms with Crippen LogP contribution >= 0.6 is 0 Å². The number of hydrogen-bond acceptors (Lipinski definition) is 4. The minimum atomic E-state index is -0.266. The molecule has 3 aromatic rings. The molecule has 0 saturated heterocycles. The molecule has 0 radical (unpaired) electrons. The Morgan fingerprint density at radius 2 is 1.22 bits per heavy atom. The van der Waals surface area contributed by atoms with E-state index in [0.29, 0.717) is 5.56 Å². The van der Waals surface area contributed by atoms with Crippen molar-refractivity contribution >= 4 is 11.6 Å². The zero-order valence-electron chi connectivity index (χ0n) is 15.7. The van der Waals surface area contributed by atoms with Crippen LogP contribution in [0.3, 0.4) is 0 Å². The molecule has 0 unspecified atom stereocenters. The van der Waals surface area contributed by atoms with E-state index in [-0.39, 0.29) is 28.6 Å². The van der Waals surface area contributed by atoms with Crippen LogP contribution in [-0.2, 0) is 4.79 Å². The Labute approximate surface area is 159 Å². The predicted molar refractivity (Wildman–Crippen MR) is 107 cm³/mol. The number of hydrogen-bond donors (Lipinski definition) is 2. The average molecular weight is 364 g/mol. The van der Waals surface area contributed by atoms with Crippen LogP contribution in [0.1, 0.15) is 35.3 Å². The normalized spacial score (nSPS) is 9.15. The van der Waals surface area contributed by atoms with Crippen LogP contribution in [0, 0.1) is 6.92 Å². The van der Waals surface area contributed by atoms with Crippen LogP contribution in [0.5, 0.6) is 11.5 Å². The lowest BCUT2D eigenvalue weighted by Crippen LogP contribution is -2.00. The monoisotopic (exact) mass is 364 g/mol. The minimum absolute atomic E-state index is 0.0675. The Kier molecular flexibility index (Phi) is 9.03. The fourth-order valence-corrected chi connectivity index (χ4v) is 1.99. The zero-order chi connectivity index (χ0) is 20.2. The summed E-state index contributed by atoms with van der Waals surface area (Å²) in [6.07, 6.45) is 0. The van der Waals surface area contributed by atoms with Gasteiger partial charge in [0, 0.05) is 11.6 Å². The smallest absolute Gasteiger partial charge is 0.196 e. The van der Waals surface area contributed by atoms with Crippen molar-refractivity contribution in [3.05, 3.63) is 95.6 Å². The molecule has 0 spiro atoms. The standard InChI is InChI=1S/C13H10O3.C7H8.C3H6O/c14-10-6-7-11(12(15)8-10)13(16)9-4-2-1-3-5-9;1-7-5-3-2-4-6-7;1-3(2)4/h1-8,14-15H;2-6H,1H3;1-2H3. The number of aryl methyl sites for hydroxylation is 1. The van der Waals surface area contributed by atoms with Gasteiger partial charge in [0.2, 0.25) is 0 Å². The second kappa shape index (κ2) is 11.3. The Balaban J connectivity index is 0.000000273. The molecular formula is C23H24O4. The SMILES string of the molecule is CC(C)=O.Cc1ccccc1.O=C(c1ccccc1)c1ccc(O)cc1O. The highest BCUT2D eigenvalue weighted by atomic mass is 16.3. The number of carbonyl (C=O) groups excluding carboxylic acids is 2. The lowest BCUT2D eigenvalue weighted by molar-refractivity contribution is -0.115. The molecule has 140 valence electrons. The van der Waals surface area contributed by atoms with Crippen LogP contribution in [0.2, 0.25) is 0 Å². The molecule has 27 heavy (non-hydrogen) atoms. The second-order valence-corrected chi connectivity index (χ2v) is 5.96. The van der Waals surface area contributed by atoms with Gasteiger partial charge in [-0.3, -0.25) is 4.79 Å². The van der Waals surface area contributed by atoms with Gasteiger partial charge in [-0.25, -0.2) is 0 Å². The Morgan fingerprint density at radius 3 is 1.63 bits per heavy atom. The highest BCUT2D eigenvalue weighted by Crippen LogP contribution is 2.24. The van der Waals surface area contributed by atoms with E-state index in [1.807, 2.05) is 24.3 Å². The van der Waals surface area contributed by atoms with E-state index >= 15 is 0 Å². The number of phenols is 2. The summed E-state index contributed by atoms with van der Waals surface area (Å²) < 4.78 is 0. The van der Waals surface area contributed by atoms with Gasteiger partial charge in [0.25, 0.3) is 0 Å². The van der Waals surface area contributed by atoms with E-state index in [1.165, 1.54) is 31.5 Å². The van der Waals surface area contributed by atoms with Crippen LogP contribution in [0.15, 0.2) is 78.9 Å². The minimum Gasteiger partial charge on any atom is -0.508 e. The van der Waals surface area contributed by atoms with E-state index in [2.05, 4.69) is 19.1 Å². The lowest BCUT2D eigenvalue weighted by Gasteiger charge is -2.04. The van der Waals surface area contributed by atoms with Crippen molar-refractivity contribution in [3.63, 3.8) is 0 Å². The third kappa shape index (κ3) is 8.50. The van der Waals surface area contributed by atoms with Crippen molar-refractivity contribution in [2.75, 3.05) is 0 Å². The molecule has 0 aromatic heterocycles. The quantitative estimate of drug-likeness (QED) is 0.633. The maximum atomic E-state index is 11.9. The first-order valence-electron chi connectivity index (χ1n) is 8.41. The average Bonchev–Trinajstić information content (AvgIpc) is 2.63. The molecule has 4 heteroatoms. The van der Waals surface area contributed by atoms with Crippen LogP contribution in [0.4, 0.5) is 0 Å². The third-order valence-electron chi connectivity index (χ3n) is 3.20. The van der Waals surface area contributed by atoms with Gasteiger partial charge in [-0.05, 0) is 32.9 Å². The third-order valence-corrected chi connectivity index (χ3v) is 3.20. The van der Waals surface area contributed by atoms with Gasteiger partial charge in [-0.1, -0.05) is 66.2 Å². The van der Waals surface area contributed by atoms with Crippen molar-refractivity contribution < 1.29 is 19.8 Å². The van der Waals surface area contributed by atoms with Gasteiger partial charge in [-0.15, -0.1) is 0 Å². The van der Waals surface area contributed by atoms with Crippen molar-refractivity contribution in [1.29, 1.82) is 0 Å². The topological polar surface area (TPSA) is 74.6 Å². The molecule has 0 aliphatic rings. The highest BCUT2D eigenvalue weighted by molar-refractivity contribution is 6.10. The number of ketones is 2. The summed E-state index contributed by atoms with van der Waals surface area (Å²) in [7, 11) is 0. The number of rotatable bonds is 2. The summed E-state index contributed by atoms with van der Waals surface area (Å²) in [5, 5.41) is 18.7. The maximum Gasteiger partial charge on any atom is 0.196 e. The molecule has 0 heterocycles. The molecule has 2 N–H and O–H groups in total. The van der Waals surface area contributed by atoms with Crippen molar-refractivity contribution in [1.82, 2.24) is 0 Å². The van der Waals surface area contributed by atoms with Gasteiger partial charge in [0.15, 0.2) is 5.78 Å². The molecule has 3 rings (SSSR count). The van der Waals surface area contributed by atoms with Gasteiger partial charge in [0.05, 0.1) is 5.56 Å². The Hall–Kier alpha value is -3.40. The first kappa shape index (κ1) is 21.6. The summed E-state index contributed by atoms with van der Waals surface area (Å²) in [5.41, 5.74) is 2.01. The van der Waals surface area contributed by atoms with Crippen molar-refractivity contribution in [3.8, 4) is 11.5 Å². The van der Waals surface area contributed by atoms with Crippen LogP contribution in [-0.4, -0.2) is 21.8 Å². The fraction of sp³-hybridized carbons (Fsp3) is 0.130. The molecule has 0 aliphatic heterocycles. The number of benzene rings is 3. The molecule has 0 saturated carbocycles. The van der Waals surface area contributed by atoms with Gasteiger partial charge < -0.3 is 15.0 Å². The zero-order valence-corrected chi connectivity index (χ0v) is 15.7. The van der Waals surface area contributed by atoms with Gasteiger partial charge >= 0.3 is 0 Å². The van der Waals surface area contributed by atoms with E-state index in [9.17, 15) is 14.7 Å². The first-order chi connectivity index (χ1) is 12.8. The molecule has 0 amide bonds. The summed E-state index contributed by atoms with van der Waals surface area (Å²) >= 11 is 0. The maximum absolute atomic E-state index is 11.9. The summed E-state index contributed by atoms with van der Waals surface area (Å²) in [4.78, 5) is 21.4. The molecule has 0 atom stereocenters. The van der Waals surface area contributed by atoms with Crippen LogP contribution in [0.25, 0.3) is 0 Å². The largest absolute Gasteiger partial charge is 0.508 e. The Bertz CT molecular complexity index is 852. The second-order valence-electron chi connectivity index (χ2n) is 5.96. The van der Waals surface area contributed by atoms with Crippen molar-refractivity contribution in [2.24, 2.45) is 0 Å². The number of aromatic hydroxyl groups is 2. The lowest BCUT2D eigenvalue weighted by atomic mass is 10.0. The van der Waals surface area contributed by atoms with Gasteiger partial charge in [0.1, 0.15) is 17.3 Å². The summed E-state index contributed by atoms with van der Waals surface area (Å²) in [6.45, 7) is 5.14. The Morgan fingerprint density at radius 1 is 0.741 bits per heavy atom. The van der Waals surface area contributed by atoms with E-state index in [1.54, 1.807) is 24.3 Å². The predicted octanol–water partition coefficient (Wildman–Crippen LogP) is 4.92. The molecule has 3 aromatic carbocycles. The number of phenolic OH excluding ortho intramolecular Hbond substituents is 2. The summed E-state index contributed by atoms with van der Waals surface area (Å²) in [5.74, 6) is -0.380. The fourth-order valence-electron chi connectivity index (χ4n) is 1.99. The van der Waals surface area contributed by atoms with E-state index in [4.69, 9.17) is 5.11 Å². The number of carbonyl (C=O) groups is 2. The van der Waals surface area contributed by atoms with Crippen molar-refractivity contribution in [2.45, 2.75) is 20.8 Å². The molecule has 0 fully saturated rings. The highest BCUT2D eigenvalue weighted by Gasteiger charge is 2.13. The van der Waals surface area contributed by atoms with E-state index < -0.39 is 0 Å². The summed E-state index contributed by atoms with van der Waals surface area (Å²) in [6, 6.07) is 22.9. The molecular weight excluding hydrogens is 340 g/mol. The molecule has 0 aliphatic carbocycles. The van der Waals surface area contributed by atoms with E-state index in [0.717, 1.165) is 6.07 Å².